The Morgan fingerprint density at radius 3 is 2.41 bits per heavy atom. The van der Waals surface area contributed by atoms with Crippen molar-refractivity contribution in [3.05, 3.63) is 30.3 Å². The lowest BCUT2D eigenvalue weighted by atomic mass is 10.3. The Balaban J connectivity index is 2.12. The minimum Gasteiger partial charge on any atom is -0.345 e. The average Bonchev–Trinajstić information content (AvgIpc) is 2.38. The molecule has 1 aromatic rings. The Hall–Kier alpha value is -1.86. The summed E-state index contributed by atoms with van der Waals surface area (Å²) in [5, 5.41) is 9.17. The molecule has 0 bridgehead atoms. The lowest BCUT2D eigenvalue weighted by Crippen LogP contribution is -2.46. The molecule has 0 spiro atoms. The van der Waals surface area contributed by atoms with Crippen LogP contribution in [0.1, 0.15) is 0 Å². The molecule has 0 unspecified atom stereocenters. The maximum absolute atomic E-state index is 9.17. The minimum atomic E-state index is 0.518. The van der Waals surface area contributed by atoms with E-state index in [1.165, 1.54) is 0 Å². The Morgan fingerprint density at radius 1 is 1.18 bits per heavy atom. The molecule has 0 aliphatic carbocycles. The second-order valence-corrected chi connectivity index (χ2v) is 4.17. The monoisotopic (exact) mass is 228 g/mol. The zero-order valence-electron chi connectivity index (χ0n) is 10.0. The fraction of sp³-hybridized carbons (Fsp3) is 0.385. The Bertz CT molecular complexity index is 424. The first kappa shape index (κ1) is 11.6. The molecular weight excluding hydrogens is 212 g/mol. The zero-order valence-corrected chi connectivity index (χ0v) is 10.0. The second kappa shape index (κ2) is 5.46. The summed E-state index contributed by atoms with van der Waals surface area (Å²) in [5.41, 5.74) is 0.836. The van der Waals surface area contributed by atoms with Crippen molar-refractivity contribution in [1.29, 1.82) is 5.26 Å². The highest BCUT2D eigenvalue weighted by Gasteiger charge is 2.17. The van der Waals surface area contributed by atoms with Gasteiger partial charge in [-0.1, -0.05) is 18.2 Å². The van der Waals surface area contributed by atoms with Gasteiger partial charge in [0.15, 0.2) is 0 Å². The molecule has 1 aliphatic rings. The van der Waals surface area contributed by atoms with E-state index in [9.17, 15) is 0 Å². The molecule has 1 aromatic carbocycles. The molecule has 4 nitrogen and oxygen atoms in total. The number of aliphatic imine (C=N–C) groups is 1. The summed E-state index contributed by atoms with van der Waals surface area (Å²) in [7, 11) is 2.09. The van der Waals surface area contributed by atoms with Crippen molar-refractivity contribution in [2.45, 2.75) is 0 Å². The smallest absolute Gasteiger partial charge is 0.209 e. The first-order valence-corrected chi connectivity index (χ1v) is 5.77. The van der Waals surface area contributed by atoms with E-state index in [4.69, 9.17) is 5.26 Å². The van der Waals surface area contributed by atoms with Crippen molar-refractivity contribution < 1.29 is 0 Å². The van der Waals surface area contributed by atoms with Crippen LogP contribution in [0.15, 0.2) is 35.3 Å². The largest absolute Gasteiger partial charge is 0.345 e. The van der Waals surface area contributed by atoms with E-state index in [0.717, 1.165) is 31.9 Å². The molecule has 0 amide bonds. The third-order valence-corrected chi connectivity index (χ3v) is 2.89. The Morgan fingerprint density at radius 2 is 1.82 bits per heavy atom. The number of amidine groups is 1. The maximum Gasteiger partial charge on any atom is 0.209 e. The summed E-state index contributed by atoms with van der Waals surface area (Å²) in [6.07, 6.45) is 0. The Kier molecular flexibility index (Phi) is 3.73. The molecule has 88 valence electrons. The number of hydrogen-bond acceptors (Lipinski definition) is 3. The van der Waals surface area contributed by atoms with Crippen molar-refractivity contribution in [3.8, 4) is 6.07 Å². The SMILES string of the molecule is CN1CCN(C(C#N)=Nc2ccccc2)CC1. The molecule has 1 fully saturated rings. The van der Waals surface area contributed by atoms with E-state index in [2.05, 4.69) is 23.0 Å². The van der Waals surface area contributed by atoms with Gasteiger partial charge in [0.05, 0.1) is 5.69 Å². The highest BCUT2D eigenvalue weighted by atomic mass is 15.3. The zero-order chi connectivity index (χ0) is 12.1. The van der Waals surface area contributed by atoms with E-state index in [1.807, 2.05) is 35.2 Å². The first-order valence-electron chi connectivity index (χ1n) is 5.77. The topological polar surface area (TPSA) is 42.6 Å². The van der Waals surface area contributed by atoms with Crippen molar-refractivity contribution in [3.63, 3.8) is 0 Å². The molecule has 4 heteroatoms. The summed E-state index contributed by atoms with van der Waals surface area (Å²) < 4.78 is 0. The second-order valence-electron chi connectivity index (χ2n) is 4.17. The normalized spacial score (nSPS) is 17.9. The van der Waals surface area contributed by atoms with Crippen molar-refractivity contribution in [1.82, 2.24) is 9.80 Å². The molecule has 1 saturated heterocycles. The van der Waals surface area contributed by atoms with E-state index < -0.39 is 0 Å². The summed E-state index contributed by atoms with van der Waals surface area (Å²) in [5.74, 6) is 0.518. The summed E-state index contributed by atoms with van der Waals surface area (Å²) >= 11 is 0. The lowest BCUT2D eigenvalue weighted by molar-refractivity contribution is 0.216. The van der Waals surface area contributed by atoms with Gasteiger partial charge in [-0.3, -0.25) is 0 Å². The van der Waals surface area contributed by atoms with Gasteiger partial charge >= 0.3 is 0 Å². The van der Waals surface area contributed by atoms with Crippen LogP contribution in [0.3, 0.4) is 0 Å². The van der Waals surface area contributed by atoms with Crippen LogP contribution in [-0.2, 0) is 0 Å². The van der Waals surface area contributed by atoms with Gasteiger partial charge in [0.1, 0.15) is 6.07 Å². The molecule has 0 saturated carbocycles. The predicted octanol–water partition coefficient (Wildman–Crippen LogP) is 1.49. The molecular formula is C13H16N4. The van der Waals surface area contributed by atoms with Crippen LogP contribution >= 0.6 is 0 Å². The molecule has 1 aliphatic heterocycles. The van der Waals surface area contributed by atoms with Gasteiger partial charge in [-0.25, -0.2) is 4.99 Å². The van der Waals surface area contributed by atoms with Gasteiger partial charge < -0.3 is 9.80 Å². The third kappa shape index (κ3) is 3.05. The number of hydrogen-bond donors (Lipinski definition) is 0. The van der Waals surface area contributed by atoms with Gasteiger partial charge in [-0.2, -0.15) is 5.26 Å². The first-order chi connectivity index (χ1) is 8.29. The van der Waals surface area contributed by atoms with E-state index >= 15 is 0 Å². The molecule has 0 aromatic heterocycles. The highest BCUT2D eigenvalue weighted by Crippen LogP contribution is 2.12. The van der Waals surface area contributed by atoms with Gasteiger partial charge in [0.2, 0.25) is 5.84 Å². The lowest BCUT2D eigenvalue weighted by Gasteiger charge is -2.32. The standard InChI is InChI=1S/C13H16N4/c1-16-7-9-17(10-8-16)13(11-14)15-12-5-3-2-4-6-12/h2-6H,7-10H2,1H3. The number of piperazine rings is 1. The number of nitriles is 1. The van der Waals surface area contributed by atoms with Gasteiger partial charge in [0, 0.05) is 26.2 Å². The fourth-order valence-electron chi connectivity index (χ4n) is 1.81. The van der Waals surface area contributed by atoms with Gasteiger partial charge in [-0.15, -0.1) is 0 Å². The fourth-order valence-corrected chi connectivity index (χ4v) is 1.81. The van der Waals surface area contributed by atoms with Crippen molar-refractivity contribution in [2.75, 3.05) is 33.2 Å². The summed E-state index contributed by atoms with van der Waals surface area (Å²) in [4.78, 5) is 8.70. The predicted molar refractivity (Wildman–Crippen MR) is 68.2 cm³/mol. The molecule has 0 N–H and O–H groups in total. The van der Waals surface area contributed by atoms with Crippen LogP contribution in [0.5, 0.6) is 0 Å². The number of nitrogens with zero attached hydrogens (tertiary/aromatic N) is 4. The van der Waals surface area contributed by atoms with E-state index in [-0.39, 0.29) is 0 Å². The highest BCUT2D eigenvalue weighted by molar-refractivity contribution is 5.98. The van der Waals surface area contributed by atoms with Crippen LogP contribution in [0, 0.1) is 11.3 Å². The summed E-state index contributed by atoms with van der Waals surface area (Å²) in [6, 6.07) is 11.8. The van der Waals surface area contributed by atoms with Crippen LogP contribution in [0.2, 0.25) is 0 Å². The maximum atomic E-state index is 9.17. The molecule has 0 atom stereocenters. The molecule has 1 heterocycles. The van der Waals surface area contributed by atoms with Crippen molar-refractivity contribution in [2.24, 2.45) is 4.99 Å². The molecule has 17 heavy (non-hydrogen) atoms. The van der Waals surface area contributed by atoms with E-state index in [1.54, 1.807) is 0 Å². The number of rotatable bonds is 1. The quantitative estimate of drug-likeness (QED) is 0.540. The van der Waals surface area contributed by atoms with Crippen LogP contribution in [0.4, 0.5) is 5.69 Å². The summed E-state index contributed by atoms with van der Waals surface area (Å²) in [6.45, 7) is 3.70. The molecule has 2 rings (SSSR count). The number of likely N-dealkylation sites (N-methyl/N-ethyl adjacent to an activating group) is 1. The number of benzene rings is 1. The third-order valence-electron chi connectivity index (χ3n) is 2.89. The van der Waals surface area contributed by atoms with E-state index in [0.29, 0.717) is 5.84 Å². The van der Waals surface area contributed by atoms with Crippen LogP contribution in [-0.4, -0.2) is 48.9 Å². The molecule has 0 radical (unpaired) electrons. The average molecular weight is 228 g/mol. The van der Waals surface area contributed by atoms with Gasteiger partial charge in [0.25, 0.3) is 0 Å². The number of para-hydroxylation sites is 1. The van der Waals surface area contributed by atoms with Crippen molar-refractivity contribution >= 4 is 11.5 Å². The minimum absolute atomic E-state index is 0.518. The van der Waals surface area contributed by atoms with Crippen LogP contribution < -0.4 is 0 Å². The van der Waals surface area contributed by atoms with Crippen LogP contribution in [0.25, 0.3) is 0 Å². The Labute approximate surface area is 102 Å². The van der Waals surface area contributed by atoms with Gasteiger partial charge in [-0.05, 0) is 19.2 Å².